The molecule has 3 rings (SSSR count). The Morgan fingerprint density at radius 1 is 0.800 bits per heavy atom. The van der Waals surface area contributed by atoms with Gasteiger partial charge in [-0.3, -0.25) is 4.79 Å². The maximum Gasteiger partial charge on any atom is 0.243 e. The van der Waals surface area contributed by atoms with Gasteiger partial charge < -0.3 is 20.1 Å². The lowest BCUT2D eigenvalue weighted by Gasteiger charge is -2.11. The van der Waals surface area contributed by atoms with E-state index >= 15 is 0 Å². The van der Waals surface area contributed by atoms with Crippen molar-refractivity contribution in [3.63, 3.8) is 0 Å². The van der Waals surface area contributed by atoms with Gasteiger partial charge in [-0.25, -0.2) is 0 Å². The molecule has 5 nitrogen and oxygen atoms in total. The van der Waals surface area contributed by atoms with Crippen LogP contribution in [0.2, 0.25) is 0 Å². The zero-order chi connectivity index (χ0) is 21.0. The average molecular weight is 405 g/mol. The molecule has 0 heterocycles. The molecule has 0 aliphatic heterocycles. The number of carbonyl (C=O) groups is 1. The van der Waals surface area contributed by atoms with Gasteiger partial charge >= 0.3 is 0 Å². The van der Waals surface area contributed by atoms with E-state index in [1.54, 1.807) is 0 Å². The molecule has 5 heteroatoms. The highest BCUT2D eigenvalue weighted by Gasteiger charge is 2.05. The Morgan fingerprint density at radius 3 is 2.20 bits per heavy atom. The van der Waals surface area contributed by atoms with Crippen molar-refractivity contribution in [3.8, 4) is 11.5 Å². The third kappa shape index (κ3) is 7.17. The Morgan fingerprint density at radius 2 is 1.47 bits per heavy atom. The fraction of sp³-hybridized carbons (Fsp3) is 0.240. The highest BCUT2D eigenvalue weighted by atomic mass is 16.5. The summed E-state index contributed by atoms with van der Waals surface area (Å²) in [6.07, 6.45) is 1.79. The fourth-order valence-corrected chi connectivity index (χ4v) is 2.90. The highest BCUT2D eigenvalue weighted by molar-refractivity contribution is 5.93. The zero-order valence-electron chi connectivity index (χ0n) is 17.3. The van der Waals surface area contributed by atoms with E-state index in [2.05, 4.69) is 29.7 Å². The molecule has 0 spiro atoms. The molecule has 3 aromatic rings. The van der Waals surface area contributed by atoms with E-state index in [0.717, 1.165) is 30.0 Å². The SMILES string of the molecule is CCCOc1cccc(NCC(=O)Nc2cccc(OCCc3ccccc3)c2)c1. The first kappa shape index (κ1) is 21.2. The molecule has 0 aliphatic carbocycles. The van der Waals surface area contributed by atoms with Crippen LogP contribution in [-0.4, -0.2) is 25.7 Å². The summed E-state index contributed by atoms with van der Waals surface area (Å²) in [5.41, 5.74) is 2.79. The zero-order valence-corrected chi connectivity index (χ0v) is 17.3. The van der Waals surface area contributed by atoms with Crippen LogP contribution in [-0.2, 0) is 11.2 Å². The molecule has 0 saturated carbocycles. The quantitative estimate of drug-likeness (QED) is 0.464. The Labute approximate surface area is 178 Å². The van der Waals surface area contributed by atoms with Gasteiger partial charge in [0.1, 0.15) is 11.5 Å². The maximum absolute atomic E-state index is 12.3. The van der Waals surface area contributed by atoms with Crippen molar-refractivity contribution >= 4 is 17.3 Å². The molecule has 2 N–H and O–H groups in total. The summed E-state index contributed by atoms with van der Waals surface area (Å²) < 4.78 is 11.4. The topological polar surface area (TPSA) is 59.6 Å². The van der Waals surface area contributed by atoms with Crippen LogP contribution in [0.25, 0.3) is 0 Å². The lowest BCUT2D eigenvalue weighted by molar-refractivity contribution is -0.114. The van der Waals surface area contributed by atoms with E-state index < -0.39 is 0 Å². The molecule has 0 aliphatic rings. The monoisotopic (exact) mass is 404 g/mol. The first-order valence-electron chi connectivity index (χ1n) is 10.3. The summed E-state index contributed by atoms with van der Waals surface area (Å²) in [7, 11) is 0. The third-order valence-corrected chi connectivity index (χ3v) is 4.38. The molecule has 3 aromatic carbocycles. The molecule has 0 bridgehead atoms. The second kappa shape index (κ2) is 11.5. The minimum absolute atomic E-state index is 0.128. The third-order valence-electron chi connectivity index (χ3n) is 4.38. The van der Waals surface area contributed by atoms with Gasteiger partial charge in [0.25, 0.3) is 0 Å². The van der Waals surface area contributed by atoms with Crippen LogP contribution in [0.1, 0.15) is 18.9 Å². The van der Waals surface area contributed by atoms with Gasteiger partial charge in [-0.2, -0.15) is 0 Å². The molecule has 0 unspecified atom stereocenters. The minimum Gasteiger partial charge on any atom is -0.494 e. The molecular weight excluding hydrogens is 376 g/mol. The number of rotatable bonds is 11. The molecule has 30 heavy (non-hydrogen) atoms. The predicted molar refractivity (Wildman–Crippen MR) is 121 cm³/mol. The Balaban J connectivity index is 1.45. The normalized spacial score (nSPS) is 10.3. The second-order valence-corrected chi connectivity index (χ2v) is 6.89. The Hall–Kier alpha value is -3.47. The summed E-state index contributed by atoms with van der Waals surface area (Å²) in [6.45, 7) is 3.49. The lowest BCUT2D eigenvalue weighted by Crippen LogP contribution is -2.21. The van der Waals surface area contributed by atoms with Crippen LogP contribution in [0.4, 0.5) is 11.4 Å². The number of nitrogens with one attached hydrogen (secondary N) is 2. The van der Waals surface area contributed by atoms with E-state index in [-0.39, 0.29) is 12.5 Å². The predicted octanol–water partition coefficient (Wildman–Crippen LogP) is 5.15. The molecule has 1 amide bonds. The number of benzene rings is 3. The number of anilines is 2. The van der Waals surface area contributed by atoms with Crippen molar-refractivity contribution in [1.29, 1.82) is 0 Å². The molecule has 0 radical (unpaired) electrons. The Kier molecular flexibility index (Phi) is 8.15. The first-order chi connectivity index (χ1) is 14.7. The summed E-state index contributed by atoms with van der Waals surface area (Å²) in [6, 6.07) is 25.3. The molecule has 0 atom stereocenters. The van der Waals surface area contributed by atoms with Crippen LogP contribution in [0, 0.1) is 0 Å². The van der Waals surface area contributed by atoms with Crippen LogP contribution >= 0.6 is 0 Å². The molecule has 0 fully saturated rings. The second-order valence-electron chi connectivity index (χ2n) is 6.89. The molecular formula is C25H28N2O3. The van der Waals surface area contributed by atoms with Crippen molar-refractivity contribution in [2.24, 2.45) is 0 Å². The van der Waals surface area contributed by atoms with Gasteiger partial charge in [0.2, 0.25) is 5.91 Å². The van der Waals surface area contributed by atoms with Crippen LogP contribution < -0.4 is 20.1 Å². The fourth-order valence-electron chi connectivity index (χ4n) is 2.90. The highest BCUT2D eigenvalue weighted by Crippen LogP contribution is 2.19. The Bertz CT molecular complexity index is 928. The van der Waals surface area contributed by atoms with Gasteiger partial charge in [0, 0.05) is 29.9 Å². The summed E-state index contributed by atoms with van der Waals surface area (Å²) >= 11 is 0. The van der Waals surface area contributed by atoms with Crippen LogP contribution in [0.3, 0.4) is 0 Å². The van der Waals surface area contributed by atoms with E-state index in [4.69, 9.17) is 9.47 Å². The lowest BCUT2D eigenvalue weighted by atomic mass is 10.2. The first-order valence-corrected chi connectivity index (χ1v) is 10.3. The summed E-state index contributed by atoms with van der Waals surface area (Å²) in [5.74, 6) is 1.40. The smallest absolute Gasteiger partial charge is 0.243 e. The minimum atomic E-state index is -0.128. The van der Waals surface area contributed by atoms with Crippen molar-refractivity contribution in [2.75, 3.05) is 30.4 Å². The van der Waals surface area contributed by atoms with Gasteiger partial charge in [-0.1, -0.05) is 49.4 Å². The average Bonchev–Trinajstić information content (AvgIpc) is 2.78. The number of ether oxygens (including phenoxy) is 2. The standard InChI is InChI=1S/C25H28N2O3/c1-2-15-29-23-12-6-10-21(17-23)26-19-25(28)27-22-11-7-13-24(18-22)30-16-14-20-8-4-3-5-9-20/h3-13,17-18,26H,2,14-16,19H2,1H3,(H,27,28). The van der Waals surface area contributed by atoms with Gasteiger partial charge in [-0.15, -0.1) is 0 Å². The number of amides is 1. The number of hydrogen-bond donors (Lipinski definition) is 2. The maximum atomic E-state index is 12.3. The molecule has 0 aromatic heterocycles. The number of carbonyl (C=O) groups excluding carboxylic acids is 1. The van der Waals surface area contributed by atoms with Crippen LogP contribution in [0.15, 0.2) is 78.9 Å². The van der Waals surface area contributed by atoms with Gasteiger partial charge in [0.05, 0.1) is 19.8 Å². The van der Waals surface area contributed by atoms with Crippen LogP contribution in [0.5, 0.6) is 11.5 Å². The van der Waals surface area contributed by atoms with E-state index in [9.17, 15) is 4.79 Å². The number of hydrogen-bond acceptors (Lipinski definition) is 4. The summed E-state index contributed by atoms with van der Waals surface area (Å²) in [5, 5.41) is 6.02. The van der Waals surface area contributed by atoms with Crippen molar-refractivity contribution < 1.29 is 14.3 Å². The largest absolute Gasteiger partial charge is 0.494 e. The van der Waals surface area contributed by atoms with Gasteiger partial charge in [-0.05, 0) is 36.2 Å². The van der Waals surface area contributed by atoms with Crippen molar-refractivity contribution in [2.45, 2.75) is 19.8 Å². The molecule has 0 saturated heterocycles. The van der Waals surface area contributed by atoms with Crippen molar-refractivity contribution in [3.05, 3.63) is 84.4 Å². The van der Waals surface area contributed by atoms with E-state index in [1.165, 1.54) is 5.56 Å². The van der Waals surface area contributed by atoms with Crippen molar-refractivity contribution in [1.82, 2.24) is 0 Å². The molecule has 156 valence electrons. The van der Waals surface area contributed by atoms with Gasteiger partial charge in [0.15, 0.2) is 0 Å². The summed E-state index contributed by atoms with van der Waals surface area (Å²) in [4.78, 5) is 12.3. The van der Waals surface area contributed by atoms with E-state index in [1.807, 2.05) is 66.7 Å². The van der Waals surface area contributed by atoms with E-state index in [0.29, 0.717) is 18.9 Å².